The molecule has 3 rings (SSSR count). The highest BCUT2D eigenvalue weighted by Crippen LogP contribution is 2.47. The number of nitrogens with two attached hydrogens (primary N) is 1. The van der Waals surface area contributed by atoms with Crippen molar-refractivity contribution in [3.8, 4) is 16.9 Å². The Morgan fingerprint density at radius 2 is 2.19 bits per heavy atom. The zero-order chi connectivity index (χ0) is 15.1. The normalized spacial score (nSPS) is 12.2. The van der Waals surface area contributed by atoms with Gasteiger partial charge in [-0.3, -0.25) is 4.79 Å². The second-order valence-electron chi connectivity index (χ2n) is 5.47. The fourth-order valence-corrected chi connectivity index (χ4v) is 3.81. The highest BCUT2D eigenvalue weighted by atomic mass is 32.1. The van der Waals surface area contributed by atoms with E-state index < -0.39 is 0 Å². The molecule has 0 spiro atoms. The number of carbonyl (C=O) groups is 1. The molecule has 1 aliphatic carbocycles. The maximum atomic E-state index is 12.4. The topological polar surface area (TPSA) is 64.3 Å². The first-order valence-electron chi connectivity index (χ1n) is 6.90. The number of hydrogen-bond acceptors (Lipinski definition) is 4. The number of nitrogen functional groups attached to an aromatic ring is 1. The van der Waals surface area contributed by atoms with Crippen molar-refractivity contribution in [2.75, 3.05) is 12.8 Å². The Balaban J connectivity index is 2.12. The number of thiophene rings is 1. The average molecular weight is 302 g/mol. The minimum Gasteiger partial charge on any atom is -0.497 e. The molecule has 0 saturated heterocycles. The minimum absolute atomic E-state index is 0.0821. The van der Waals surface area contributed by atoms with Crippen LogP contribution in [0.3, 0.4) is 0 Å². The second-order valence-corrected chi connectivity index (χ2v) is 6.60. The van der Waals surface area contributed by atoms with Crippen LogP contribution in [-0.2, 0) is 6.42 Å². The monoisotopic (exact) mass is 302 g/mol. The molecule has 110 valence electrons. The van der Waals surface area contributed by atoms with Crippen molar-refractivity contribution in [2.24, 2.45) is 0 Å². The Morgan fingerprint density at radius 3 is 2.86 bits per heavy atom. The lowest BCUT2D eigenvalue weighted by molar-refractivity contribution is 0.0945. The van der Waals surface area contributed by atoms with Gasteiger partial charge in [0.1, 0.15) is 5.75 Å². The molecular formula is C16H18N2O2S. The summed E-state index contributed by atoms with van der Waals surface area (Å²) in [5.41, 5.74) is 9.95. The number of anilines is 1. The summed E-state index contributed by atoms with van der Waals surface area (Å²) in [6.45, 7) is 3.88. The van der Waals surface area contributed by atoms with Crippen LogP contribution in [0.4, 0.5) is 5.00 Å². The number of fused-ring (bicyclic) bond motifs is 3. The number of ether oxygens (including phenoxy) is 1. The van der Waals surface area contributed by atoms with Gasteiger partial charge in [0.05, 0.1) is 17.7 Å². The molecule has 1 aliphatic rings. The molecule has 21 heavy (non-hydrogen) atoms. The van der Waals surface area contributed by atoms with E-state index in [4.69, 9.17) is 10.5 Å². The number of benzene rings is 1. The summed E-state index contributed by atoms with van der Waals surface area (Å²) in [6.07, 6.45) is 0.832. The van der Waals surface area contributed by atoms with Crippen molar-refractivity contribution in [1.82, 2.24) is 5.32 Å². The van der Waals surface area contributed by atoms with E-state index in [-0.39, 0.29) is 11.9 Å². The fraction of sp³-hybridized carbons (Fsp3) is 0.312. The highest BCUT2D eigenvalue weighted by molar-refractivity contribution is 7.17. The highest BCUT2D eigenvalue weighted by Gasteiger charge is 2.30. The minimum atomic E-state index is -0.101. The van der Waals surface area contributed by atoms with Gasteiger partial charge in [0.25, 0.3) is 5.91 Å². The molecule has 5 heteroatoms. The van der Waals surface area contributed by atoms with Crippen molar-refractivity contribution in [1.29, 1.82) is 0 Å². The van der Waals surface area contributed by atoms with Gasteiger partial charge in [0, 0.05) is 22.9 Å². The molecule has 0 unspecified atom stereocenters. The lowest BCUT2D eigenvalue weighted by Gasteiger charge is -2.11. The Hall–Kier alpha value is -2.01. The molecule has 1 aromatic carbocycles. The van der Waals surface area contributed by atoms with Gasteiger partial charge in [-0.25, -0.2) is 0 Å². The summed E-state index contributed by atoms with van der Waals surface area (Å²) >= 11 is 1.51. The van der Waals surface area contributed by atoms with E-state index in [9.17, 15) is 4.79 Å². The second kappa shape index (κ2) is 5.07. The Kier molecular flexibility index (Phi) is 3.37. The van der Waals surface area contributed by atoms with Crippen LogP contribution < -0.4 is 15.8 Å². The van der Waals surface area contributed by atoms with Crippen molar-refractivity contribution >= 4 is 22.2 Å². The number of nitrogens with one attached hydrogen (secondary N) is 1. The largest absolute Gasteiger partial charge is 0.497 e. The Bertz CT molecular complexity index is 719. The summed E-state index contributed by atoms with van der Waals surface area (Å²) in [5, 5.41) is 3.52. The van der Waals surface area contributed by atoms with E-state index >= 15 is 0 Å². The summed E-state index contributed by atoms with van der Waals surface area (Å²) in [6, 6.07) is 6.08. The van der Waals surface area contributed by atoms with Gasteiger partial charge in [0.15, 0.2) is 0 Å². The maximum Gasteiger partial charge on any atom is 0.255 e. The molecule has 3 N–H and O–H groups in total. The number of methoxy groups -OCH3 is 1. The molecule has 0 bridgehead atoms. The lowest BCUT2D eigenvalue weighted by atomic mass is 10.0. The standard InChI is InChI=1S/C16H18N2O2S/c1-8(2)18-16(19)14-13-11-7-10(20-3)5-4-9(11)6-12(13)21-15(14)17/h4-5,7-8H,6,17H2,1-3H3,(H,18,19). The van der Waals surface area contributed by atoms with Crippen LogP contribution in [0.15, 0.2) is 18.2 Å². The van der Waals surface area contributed by atoms with Gasteiger partial charge in [-0.05, 0) is 37.1 Å². The van der Waals surface area contributed by atoms with Crippen molar-refractivity contribution in [2.45, 2.75) is 26.3 Å². The predicted molar refractivity (Wildman–Crippen MR) is 86.1 cm³/mol. The number of amides is 1. The molecule has 1 amide bonds. The van der Waals surface area contributed by atoms with Crippen LogP contribution in [-0.4, -0.2) is 19.1 Å². The zero-order valence-corrected chi connectivity index (χ0v) is 13.1. The van der Waals surface area contributed by atoms with Crippen LogP contribution in [0.25, 0.3) is 11.1 Å². The summed E-state index contributed by atoms with van der Waals surface area (Å²) < 4.78 is 5.30. The Labute approximate surface area is 127 Å². The first-order valence-corrected chi connectivity index (χ1v) is 7.72. The summed E-state index contributed by atoms with van der Waals surface area (Å²) in [7, 11) is 1.64. The summed E-state index contributed by atoms with van der Waals surface area (Å²) in [5.74, 6) is 0.692. The molecule has 0 atom stereocenters. The van der Waals surface area contributed by atoms with Gasteiger partial charge < -0.3 is 15.8 Å². The van der Waals surface area contributed by atoms with Crippen LogP contribution in [0.5, 0.6) is 5.75 Å². The maximum absolute atomic E-state index is 12.4. The fourth-order valence-electron chi connectivity index (χ4n) is 2.71. The van der Waals surface area contributed by atoms with E-state index in [1.54, 1.807) is 7.11 Å². The molecule has 2 aromatic rings. The van der Waals surface area contributed by atoms with E-state index in [2.05, 4.69) is 11.4 Å². The molecular weight excluding hydrogens is 284 g/mol. The SMILES string of the molecule is COc1ccc2c(c1)-c1c(sc(N)c1C(=O)NC(C)C)C2. The zero-order valence-electron chi connectivity index (χ0n) is 12.3. The van der Waals surface area contributed by atoms with Crippen LogP contribution in [0.1, 0.15) is 34.6 Å². The van der Waals surface area contributed by atoms with Gasteiger partial charge in [-0.2, -0.15) is 0 Å². The molecule has 0 radical (unpaired) electrons. The van der Waals surface area contributed by atoms with Crippen LogP contribution >= 0.6 is 11.3 Å². The number of carbonyl (C=O) groups excluding carboxylic acids is 1. The van der Waals surface area contributed by atoms with Crippen molar-refractivity contribution in [3.63, 3.8) is 0 Å². The van der Waals surface area contributed by atoms with E-state index in [0.717, 1.165) is 28.2 Å². The Morgan fingerprint density at radius 1 is 1.43 bits per heavy atom. The predicted octanol–water partition coefficient (Wildman–Crippen LogP) is 3.05. The average Bonchev–Trinajstić information content (AvgIpc) is 2.91. The van der Waals surface area contributed by atoms with Gasteiger partial charge in [-0.15, -0.1) is 11.3 Å². The lowest BCUT2D eigenvalue weighted by Crippen LogP contribution is -2.30. The first-order chi connectivity index (χ1) is 10.0. The third-order valence-corrected chi connectivity index (χ3v) is 4.61. The molecule has 4 nitrogen and oxygen atoms in total. The van der Waals surface area contributed by atoms with Gasteiger partial charge in [0.2, 0.25) is 0 Å². The molecule has 1 heterocycles. The van der Waals surface area contributed by atoms with E-state index in [1.165, 1.54) is 16.9 Å². The van der Waals surface area contributed by atoms with Gasteiger partial charge >= 0.3 is 0 Å². The summed E-state index contributed by atoms with van der Waals surface area (Å²) in [4.78, 5) is 13.6. The molecule has 0 saturated carbocycles. The van der Waals surface area contributed by atoms with Crippen molar-refractivity contribution in [3.05, 3.63) is 34.2 Å². The smallest absolute Gasteiger partial charge is 0.255 e. The third-order valence-electron chi connectivity index (χ3n) is 3.59. The molecule has 0 fully saturated rings. The van der Waals surface area contributed by atoms with E-state index in [1.807, 2.05) is 26.0 Å². The number of rotatable bonds is 3. The number of hydrogen-bond donors (Lipinski definition) is 2. The van der Waals surface area contributed by atoms with Gasteiger partial charge in [-0.1, -0.05) is 6.07 Å². The first kappa shape index (κ1) is 13.9. The van der Waals surface area contributed by atoms with Crippen LogP contribution in [0, 0.1) is 0 Å². The molecule has 0 aliphatic heterocycles. The van der Waals surface area contributed by atoms with Crippen molar-refractivity contribution < 1.29 is 9.53 Å². The van der Waals surface area contributed by atoms with Crippen LogP contribution in [0.2, 0.25) is 0 Å². The quantitative estimate of drug-likeness (QED) is 0.781. The molecule has 1 aromatic heterocycles. The third kappa shape index (κ3) is 2.27. The van der Waals surface area contributed by atoms with E-state index in [0.29, 0.717) is 10.6 Å².